The number of rotatable bonds is 4. The number of benzene rings is 1. The summed E-state index contributed by atoms with van der Waals surface area (Å²) < 4.78 is 40.7. The van der Waals surface area contributed by atoms with E-state index in [4.69, 9.17) is 11.6 Å². The number of halogens is 4. The summed E-state index contributed by atoms with van der Waals surface area (Å²) in [6, 6.07) is 7.87. The lowest BCUT2D eigenvalue weighted by molar-refractivity contribution is -0.161. The minimum absolute atomic E-state index is 0.0363. The Hall–Kier alpha value is -2.76. The summed E-state index contributed by atoms with van der Waals surface area (Å²) in [6.07, 6.45) is -0.271. The van der Waals surface area contributed by atoms with Gasteiger partial charge in [0.2, 0.25) is 0 Å². The topological polar surface area (TPSA) is 66.2 Å². The average molecular weight is 545 g/mol. The van der Waals surface area contributed by atoms with Crippen molar-refractivity contribution in [2.24, 2.45) is 5.41 Å². The molecule has 5 heterocycles. The zero-order valence-corrected chi connectivity index (χ0v) is 21.8. The summed E-state index contributed by atoms with van der Waals surface area (Å²) in [5.41, 5.74) is 2.35. The van der Waals surface area contributed by atoms with E-state index in [-0.39, 0.29) is 11.5 Å². The van der Waals surface area contributed by atoms with E-state index in [1.54, 1.807) is 0 Å². The van der Waals surface area contributed by atoms with Gasteiger partial charge in [0, 0.05) is 61.3 Å². The number of fused-ring (bicyclic) bond motifs is 3. The molecule has 0 radical (unpaired) electrons. The van der Waals surface area contributed by atoms with E-state index in [9.17, 15) is 13.2 Å². The summed E-state index contributed by atoms with van der Waals surface area (Å²) in [5.74, 6) is 3.89. The highest BCUT2D eigenvalue weighted by Gasteiger charge is 2.54. The highest BCUT2D eigenvalue weighted by atomic mass is 35.5. The Labute approximate surface area is 223 Å². The second-order valence-corrected chi connectivity index (χ2v) is 11.8. The number of aromatic nitrogens is 5. The summed E-state index contributed by atoms with van der Waals surface area (Å²) in [7, 11) is 0. The fourth-order valence-electron chi connectivity index (χ4n) is 6.70. The number of hydrogen-bond donors (Lipinski definition) is 0. The van der Waals surface area contributed by atoms with Crippen molar-refractivity contribution in [2.45, 2.75) is 51.0 Å². The smallest absolute Gasteiger partial charge is 0.355 e. The van der Waals surface area contributed by atoms with Gasteiger partial charge in [-0.05, 0) is 49.6 Å². The Kier molecular flexibility index (Phi) is 5.51. The van der Waals surface area contributed by atoms with Crippen molar-refractivity contribution in [1.82, 2.24) is 34.5 Å². The Balaban J connectivity index is 1.09. The third kappa shape index (κ3) is 4.24. The van der Waals surface area contributed by atoms with E-state index in [1.165, 1.54) is 4.90 Å². The Morgan fingerprint density at radius 1 is 1.08 bits per heavy atom. The molecule has 0 unspecified atom stereocenters. The quantitative estimate of drug-likeness (QED) is 0.492. The predicted molar refractivity (Wildman–Crippen MR) is 135 cm³/mol. The van der Waals surface area contributed by atoms with Crippen molar-refractivity contribution >= 4 is 17.4 Å². The summed E-state index contributed by atoms with van der Waals surface area (Å²) in [5, 5.41) is 9.89. The number of hydrogen-bond acceptors (Lipinski definition) is 7. The highest BCUT2D eigenvalue weighted by Crippen LogP contribution is 2.56. The maximum atomic E-state index is 12.8. The number of nitrogens with zero attached hydrogens (tertiary/aromatic N) is 8. The van der Waals surface area contributed by atoms with Crippen LogP contribution in [0.15, 0.2) is 30.5 Å². The zero-order valence-electron chi connectivity index (χ0n) is 21.0. The van der Waals surface area contributed by atoms with Crippen LogP contribution in [0, 0.1) is 12.3 Å². The van der Waals surface area contributed by atoms with Crippen LogP contribution in [0.25, 0.3) is 5.69 Å². The van der Waals surface area contributed by atoms with Crippen LogP contribution in [0.1, 0.15) is 41.8 Å². The van der Waals surface area contributed by atoms with Crippen molar-refractivity contribution in [3.8, 4) is 5.69 Å². The van der Waals surface area contributed by atoms with E-state index in [1.807, 2.05) is 37.4 Å². The molecule has 0 amide bonds. The van der Waals surface area contributed by atoms with Gasteiger partial charge in [0.15, 0.2) is 5.82 Å². The molecular weight excluding hydrogens is 517 g/mol. The van der Waals surface area contributed by atoms with E-state index in [0.717, 1.165) is 60.5 Å². The van der Waals surface area contributed by atoms with E-state index in [0.29, 0.717) is 37.1 Å². The molecule has 1 aromatic carbocycles. The van der Waals surface area contributed by atoms with Gasteiger partial charge in [-0.1, -0.05) is 11.6 Å². The van der Waals surface area contributed by atoms with Crippen molar-refractivity contribution in [2.75, 3.05) is 37.6 Å². The van der Waals surface area contributed by atoms with E-state index in [2.05, 4.69) is 34.5 Å². The maximum absolute atomic E-state index is 12.8. The third-order valence-corrected chi connectivity index (χ3v) is 8.71. The first-order valence-corrected chi connectivity index (χ1v) is 13.3. The van der Waals surface area contributed by atoms with Crippen LogP contribution >= 0.6 is 11.6 Å². The van der Waals surface area contributed by atoms with Gasteiger partial charge in [0.25, 0.3) is 0 Å². The second kappa shape index (κ2) is 8.62. The van der Waals surface area contributed by atoms with Crippen LogP contribution in [0.3, 0.4) is 0 Å². The minimum atomic E-state index is -4.18. The molecule has 1 saturated carbocycles. The van der Waals surface area contributed by atoms with Crippen LogP contribution in [-0.4, -0.2) is 79.5 Å². The molecule has 12 heteroatoms. The van der Waals surface area contributed by atoms with Gasteiger partial charge in [-0.15, -0.1) is 10.2 Å². The maximum Gasteiger partial charge on any atom is 0.401 e. The number of alkyl halides is 3. The lowest BCUT2D eigenvalue weighted by Gasteiger charge is -2.59. The molecular formula is C26H28ClF3N8. The van der Waals surface area contributed by atoms with Gasteiger partial charge in [-0.3, -0.25) is 14.4 Å². The molecule has 3 fully saturated rings. The largest absolute Gasteiger partial charge is 0.401 e. The third-order valence-electron chi connectivity index (χ3n) is 8.47. The minimum Gasteiger partial charge on any atom is -0.355 e. The number of likely N-dealkylation sites (tertiary alicyclic amines) is 1. The zero-order chi connectivity index (χ0) is 26.2. The van der Waals surface area contributed by atoms with Crippen molar-refractivity contribution in [1.29, 1.82) is 0 Å². The Morgan fingerprint density at radius 2 is 1.87 bits per heavy atom. The predicted octanol–water partition coefficient (Wildman–Crippen LogP) is 3.97. The first-order valence-electron chi connectivity index (χ1n) is 13.0. The summed E-state index contributed by atoms with van der Waals surface area (Å²) in [4.78, 5) is 14.7. The van der Waals surface area contributed by atoms with Gasteiger partial charge in [-0.25, -0.2) is 9.97 Å². The Bertz CT molecular complexity index is 1370. The first kappa shape index (κ1) is 24.3. The summed E-state index contributed by atoms with van der Waals surface area (Å²) in [6.45, 7) is 4.96. The van der Waals surface area contributed by atoms with Gasteiger partial charge in [0.1, 0.15) is 17.5 Å². The van der Waals surface area contributed by atoms with Crippen LogP contribution < -0.4 is 4.90 Å². The molecule has 4 aliphatic rings. The van der Waals surface area contributed by atoms with E-state index >= 15 is 0 Å². The molecule has 3 aromatic rings. The standard InChI is InChI=1S/C26H28ClF3N8/c1-16-31-5-4-22(32-16)37-13-25(14-37)7-18(8-25)24-34-33-23-12-36(20-10-35(11-20)15-26(28,29)30)9-17-6-19(27)2-3-21(17)38(23)24/h2-6,18,20H,7-15H2,1H3. The molecule has 0 N–H and O–H groups in total. The number of aryl methyl sites for hydroxylation is 1. The van der Waals surface area contributed by atoms with Crippen molar-refractivity contribution < 1.29 is 13.2 Å². The van der Waals surface area contributed by atoms with E-state index < -0.39 is 12.7 Å². The highest BCUT2D eigenvalue weighted by molar-refractivity contribution is 6.30. The molecule has 8 nitrogen and oxygen atoms in total. The van der Waals surface area contributed by atoms with Gasteiger partial charge >= 0.3 is 6.18 Å². The lowest BCUT2D eigenvalue weighted by atomic mass is 9.57. The van der Waals surface area contributed by atoms with Crippen LogP contribution in [0.4, 0.5) is 19.0 Å². The molecule has 2 saturated heterocycles. The molecule has 3 aliphatic heterocycles. The second-order valence-electron chi connectivity index (χ2n) is 11.4. The Morgan fingerprint density at radius 3 is 2.61 bits per heavy atom. The monoisotopic (exact) mass is 544 g/mol. The molecule has 7 rings (SSSR count). The van der Waals surface area contributed by atoms with Gasteiger partial charge in [-0.2, -0.15) is 13.2 Å². The van der Waals surface area contributed by atoms with Crippen molar-refractivity contribution in [3.63, 3.8) is 0 Å². The molecule has 0 atom stereocenters. The molecule has 2 aromatic heterocycles. The average Bonchev–Trinajstić information content (AvgIpc) is 3.09. The first-order chi connectivity index (χ1) is 18.1. The molecule has 1 spiro atoms. The molecule has 0 bridgehead atoms. The van der Waals surface area contributed by atoms with Crippen LogP contribution in [0.5, 0.6) is 0 Å². The fourth-order valence-corrected chi connectivity index (χ4v) is 6.90. The lowest BCUT2D eigenvalue weighted by Crippen LogP contribution is -2.62. The molecule has 200 valence electrons. The fraction of sp³-hybridized carbons (Fsp3) is 0.538. The molecule has 38 heavy (non-hydrogen) atoms. The van der Waals surface area contributed by atoms with Gasteiger partial charge < -0.3 is 4.90 Å². The van der Waals surface area contributed by atoms with Crippen molar-refractivity contribution in [3.05, 3.63) is 58.5 Å². The van der Waals surface area contributed by atoms with Gasteiger partial charge in [0.05, 0.1) is 18.8 Å². The van der Waals surface area contributed by atoms with Crippen LogP contribution in [0.2, 0.25) is 5.02 Å². The SMILES string of the molecule is Cc1nccc(N2CC3(CC(c4nnc5n4-c4ccc(Cl)cc4CN(C4CN(CC(F)(F)F)C4)C5)C3)C2)n1. The number of anilines is 1. The normalized spacial score (nSPS) is 21.9. The van der Waals surface area contributed by atoms with Crippen LogP contribution in [-0.2, 0) is 13.1 Å². The summed E-state index contributed by atoms with van der Waals surface area (Å²) >= 11 is 6.37. The molecule has 1 aliphatic carbocycles.